The number of halogens is 1. The van der Waals surface area contributed by atoms with Crippen molar-refractivity contribution in [2.75, 3.05) is 32.0 Å². The summed E-state index contributed by atoms with van der Waals surface area (Å²) in [5.41, 5.74) is 7.89. The van der Waals surface area contributed by atoms with Gasteiger partial charge >= 0.3 is 0 Å². The van der Waals surface area contributed by atoms with Crippen molar-refractivity contribution >= 4 is 34.5 Å². The Morgan fingerprint density at radius 2 is 2.10 bits per heavy atom. The number of benzene rings is 1. The van der Waals surface area contributed by atoms with Crippen LogP contribution in [0.4, 0.5) is 5.69 Å². The molecule has 1 heterocycles. The van der Waals surface area contributed by atoms with E-state index in [1.54, 1.807) is 0 Å². The van der Waals surface area contributed by atoms with Gasteiger partial charge < -0.3 is 16.0 Å². The summed E-state index contributed by atoms with van der Waals surface area (Å²) in [7, 11) is 2.18. The third-order valence-electron chi connectivity index (χ3n) is 4.15. The van der Waals surface area contributed by atoms with Gasteiger partial charge in [0.1, 0.15) is 4.99 Å². The van der Waals surface area contributed by atoms with Crippen LogP contribution in [0.25, 0.3) is 0 Å². The summed E-state index contributed by atoms with van der Waals surface area (Å²) in [6.07, 6.45) is 2.40. The van der Waals surface area contributed by atoms with Crippen LogP contribution < -0.4 is 11.1 Å². The lowest BCUT2D eigenvalue weighted by Crippen LogP contribution is -2.40. The predicted molar refractivity (Wildman–Crippen MR) is 90.7 cm³/mol. The van der Waals surface area contributed by atoms with Gasteiger partial charge in [-0.05, 0) is 56.6 Å². The average molecular weight is 312 g/mol. The van der Waals surface area contributed by atoms with E-state index in [9.17, 15) is 0 Å². The Hall–Kier alpha value is -0.840. The average Bonchev–Trinajstić information content (AvgIpc) is 2.41. The molecule has 2 rings (SSSR count). The number of nitrogens with one attached hydrogen (secondary N) is 1. The van der Waals surface area contributed by atoms with Gasteiger partial charge in [0.05, 0.1) is 0 Å². The van der Waals surface area contributed by atoms with Crippen molar-refractivity contribution in [3.8, 4) is 0 Å². The number of likely N-dealkylation sites (tertiary alicyclic amines) is 1. The highest BCUT2D eigenvalue weighted by Gasteiger charge is 2.28. The molecule has 0 aliphatic carbocycles. The van der Waals surface area contributed by atoms with Crippen molar-refractivity contribution < 1.29 is 0 Å². The Balaban J connectivity index is 2.05. The summed E-state index contributed by atoms with van der Waals surface area (Å²) in [6, 6.07) is 5.64. The fourth-order valence-corrected chi connectivity index (χ4v) is 2.86. The minimum atomic E-state index is 0.319. The first-order valence-corrected chi connectivity index (χ1v) is 7.70. The van der Waals surface area contributed by atoms with Gasteiger partial charge in [-0.3, -0.25) is 0 Å². The summed E-state index contributed by atoms with van der Waals surface area (Å²) < 4.78 is 0. The maximum atomic E-state index is 6.00. The van der Waals surface area contributed by atoms with E-state index in [4.69, 9.17) is 29.6 Å². The number of nitrogens with zero attached hydrogens (tertiary/aromatic N) is 1. The molecule has 1 aliphatic heterocycles. The molecule has 3 nitrogen and oxygen atoms in total. The van der Waals surface area contributed by atoms with Gasteiger partial charge in [0.15, 0.2) is 0 Å². The molecule has 0 radical (unpaired) electrons. The third kappa shape index (κ3) is 3.84. The molecule has 1 aliphatic rings. The van der Waals surface area contributed by atoms with E-state index < -0.39 is 0 Å². The summed E-state index contributed by atoms with van der Waals surface area (Å²) in [6.45, 7) is 5.57. The largest absolute Gasteiger partial charge is 0.389 e. The third-order valence-corrected chi connectivity index (χ3v) is 4.60. The summed E-state index contributed by atoms with van der Waals surface area (Å²) in [5.74, 6) is 0. The van der Waals surface area contributed by atoms with Crippen molar-refractivity contribution in [2.45, 2.75) is 19.8 Å². The van der Waals surface area contributed by atoms with E-state index in [-0.39, 0.29) is 0 Å². The molecule has 0 amide bonds. The Morgan fingerprint density at radius 1 is 1.45 bits per heavy atom. The molecule has 3 N–H and O–H groups in total. The van der Waals surface area contributed by atoms with Crippen molar-refractivity contribution in [3.63, 3.8) is 0 Å². The number of thiocarbonyl (C=S) groups is 1. The van der Waals surface area contributed by atoms with E-state index in [1.807, 2.05) is 18.2 Å². The van der Waals surface area contributed by atoms with Gasteiger partial charge in [-0.25, -0.2) is 0 Å². The number of rotatable bonds is 4. The molecule has 0 atom stereocenters. The zero-order valence-corrected chi connectivity index (χ0v) is 13.7. The first-order chi connectivity index (χ1) is 9.39. The first-order valence-electron chi connectivity index (χ1n) is 6.91. The Labute approximate surface area is 131 Å². The molecule has 0 spiro atoms. The topological polar surface area (TPSA) is 41.3 Å². The van der Waals surface area contributed by atoms with Crippen LogP contribution in [0.15, 0.2) is 18.2 Å². The second-order valence-electron chi connectivity index (χ2n) is 6.02. The lowest BCUT2D eigenvalue weighted by atomic mass is 9.80. The first kappa shape index (κ1) is 15.5. The molecule has 0 bridgehead atoms. The Kier molecular flexibility index (Phi) is 4.89. The quantitative estimate of drug-likeness (QED) is 0.838. The highest BCUT2D eigenvalue weighted by Crippen LogP contribution is 2.31. The number of nitrogens with two attached hydrogens (primary N) is 1. The lowest BCUT2D eigenvalue weighted by Gasteiger charge is -2.38. The van der Waals surface area contributed by atoms with Crippen molar-refractivity contribution in [3.05, 3.63) is 28.8 Å². The molecule has 0 unspecified atom stereocenters. The number of hydrogen-bond donors (Lipinski definition) is 2. The molecular formula is C15H22ClN3S. The van der Waals surface area contributed by atoms with Gasteiger partial charge in [0, 0.05) is 22.8 Å². The summed E-state index contributed by atoms with van der Waals surface area (Å²) >= 11 is 11.1. The van der Waals surface area contributed by atoms with Gasteiger partial charge in [0.25, 0.3) is 0 Å². The Morgan fingerprint density at radius 3 is 2.70 bits per heavy atom. The molecule has 1 saturated heterocycles. The summed E-state index contributed by atoms with van der Waals surface area (Å²) in [4.78, 5) is 2.76. The number of hydrogen-bond acceptors (Lipinski definition) is 3. The van der Waals surface area contributed by atoms with Crippen LogP contribution in [0.3, 0.4) is 0 Å². The maximum absolute atomic E-state index is 6.00. The highest BCUT2D eigenvalue weighted by atomic mass is 35.5. The molecule has 110 valence electrons. The molecule has 5 heteroatoms. The van der Waals surface area contributed by atoms with Gasteiger partial charge in [-0.15, -0.1) is 0 Å². The molecule has 0 aromatic heterocycles. The molecule has 1 aromatic rings. The van der Waals surface area contributed by atoms with Crippen LogP contribution in [-0.4, -0.2) is 36.6 Å². The normalized spacial score (nSPS) is 18.8. The van der Waals surface area contributed by atoms with E-state index >= 15 is 0 Å². The zero-order chi connectivity index (χ0) is 14.8. The summed E-state index contributed by atoms with van der Waals surface area (Å²) in [5, 5.41) is 4.16. The van der Waals surface area contributed by atoms with E-state index in [0.29, 0.717) is 15.4 Å². The number of anilines is 1. The van der Waals surface area contributed by atoms with Crippen molar-refractivity contribution in [2.24, 2.45) is 11.1 Å². The molecular weight excluding hydrogens is 290 g/mol. The standard InChI is InChI=1S/C15H22ClN3S/c1-15(5-7-19(2)8-6-15)10-18-13-4-3-11(16)9-12(13)14(17)20/h3-4,9,18H,5-8,10H2,1-2H3,(H2,17,20). The Bertz CT molecular complexity index is 496. The van der Waals surface area contributed by atoms with E-state index in [2.05, 4.69) is 24.2 Å². The van der Waals surface area contributed by atoms with Gasteiger partial charge in [0.2, 0.25) is 0 Å². The van der Waals surface area contributed by atoms with Crippen LogP contribution in [0.1, 0.15) is 25.3 Å². The minimum Gasteiger partial charge on any atom is -0.389 e. The van der Waals surface area contributed by atoms with E-state index in [1.165, 1.54) is 12.8 Å². The van der Waals surface area contributed by atoms with Gasteiger partial charge in [-0.2, -0.15) is 0 Å². The zero-order valence-electron chi connectivity index (χ0n) is 12.1. The minimum absolute atomic E-state index is 0.319. The number of piperidine rings is 1. The smallest absolute Gasteiger partial charge is 0.106 e. The molecule has 1 aromatic carbocycles. The predicted octanol–water partition coefficient (Wildman–Crippen LogP) is 3.12. The van der Waals surface area contributed by atoms with Crippen LogP contribution in [0.5, 0.6) is 0 Å². The highest BCUT2D eigenvalue weighted by molar-refractivity contribution is 7.80. The second-order valence-corrected chi connectivity index (χ2v) is 6.90. The van der Waals surface area contributed by atoms with Crippen LogP contribution in [0, 0.1) is 5.41 Å². The van der Waals surface area contributed by atoms with E-state index in [0.717, 1.165) is 30.9 Å². The van der Waals surface area contributed by atoms with Gasteiger partial charge in [-0.1, -0.05) is 30.7 Å². The molecule has 0 saturated carbocycles. The van der Waals surface area contributed by atoms with Crippen molar-refractivity contribution in [1.29, 1.82) is 0 Å². The maximum Gasteiger partial charge on any atom is 0.106 e. The fraction of sp³-hybridized carbons (Fsp3) is 0.533. The van der Waals surface area contributed by atoms with Crippen LogP contribution in [-0.2, 0) is 0 Å². The van der Waals surface area contributed by atoms with Crippen LogP contribution in [0.2, 0.25) is 5.02 Å². The SMILES string of the molecule is CN1CCC(C)(CNc2ccc(Cl)cc2C(N)=S)CC1. The molecule has 20 heavy (non-hydrogen) atoms. The monoisotopic (exact) mass is 311 g/mol. The fourth-order valence-electron chi connectivity index (χ4n) is 2.52. The molecule has 1 fully saturated rings. The van der Waals surface area contributed by atoms with Crippen LogP contribution >= 0.6 is 23.8 Å². The second kappa shape index (κ2) is 6.29. The van der Waals surface area contributed by atoms with Crippen molar-refractivity contribution in [1.82, 2.24) is 4.90 Å². The lowest BCUT2D eigenvalue weighted by molar-refractivity contribution is 0.150.